The molecule has 0 aliphatic carbocycles. The van der Waals surface area contributed by atoms with Crippen LogP contribution in [0.15, 0.2) is 12.2 Å². The molecule has 196 valence electrons. The van der Waals surface area contributed by atoms with Crippen LogP contribution in [0.4, 0.5) is 0 Å². The number of allylic oxidation sites excluding steroid dienone is 2. The number of amides is 1. The number of carbonyl (C=O) groups excluding carboxylic acids is 1. The standard InChI is InChI=1S/C29H57NO3/c1-3-5-7-9-11-13-14-15-17-18-20-22-24-28(32)27(26-31)30-29(33)25-23-21-19-16-12-10-8-6-4-2/h15,17,27-28,31-32H,3-14,16,18-26H2,1-2H3,(H,30,33)/b17-15+/t27-,28+/m0/s1. The molecule has 3 N–H and O–H groups in total. The summed E-state index contributed by atoms with van der Waals surface area (Å²) < 4.78 is 0. The second kappa shape index (κ2) is 25.7. The Morgan fingerprint density at radius 2 is 1.15 bits per heavy atom. The van der Waals surface area contributed by atoms with Crippen LogP contribution >= 0.6 is 0 Å². The summed E-state index contributed by atoms with van der Waals surface area (Å²) in [6, 6.07) is -0.542. The zero-order chi connectivity index (χ0) is 24.4. The van der Waals surface area contributed by atoms with E-state index in [1.807, 2.05) is 0 Å². The normalized spacial score (nSPS) is 13.5. The maximum atomic E-state index is 12.2. The highest BCUT2D eigenvalue weighted by Crippen LogP contribution is 2.12. The number of aliphatic hydroxyl groups is 2. The molecule has 2 atom stereocenters. The summed E-state index contributed by atoms with van der Waals surface area (Å²) >= 11 is 0. The minimum absolute atomic E-state index is 0.0475. The van der Waals surface area contributed by atoms with E-state index < -0.39 is 12.1 Å². The van der Waals surface area contributed by atoms with Crippen LogP contribution in [0, 0.1) is 0 Å². The summed E-state index contributed by atoms with van der Waals surface area (Å²) in [5, 5.41) is 22.8. The second-order valence-electron chi connectivity index (χ2n) is 9.81. The van der Waals surface area contributed by atoms with E-state index >= 15 is 0 Å². The van der Waals surface area contributed by atoms with Gasteiger partial charge in [-0.1, -0.05) is 116 Å². The fourth-order valence-electron chi connectivity index (χ4n) is 4.23. The van der Waals surface area contributed by atoms with E-state index in [0.29, 0.717) is 12.8 Å². The minimum atomic E-state index is -0.672. The van der Waals surface area contributed by atoms with E-state index in [2.05, 4.69) is 31.3 Å². The van der Waals surface area contributed by atoms with Crippen molar-refractivity contribution in [3.63, 3.8) is 0 Å². The second-order valence-corrected chi connectivity index (χ2v) is 9.81. The lowest BCUT2D eigenvalue weighted by Crippen LogP contribution is -2.45. The van der Waals surface area contributed by atoms with Crippen molar-refractivity contribution in [2.75, 3.05) is 6.61 Å². The summed E-state index contributed by atoms with van der Waals surface area (Å²) in [5.74, 6) is -0.0475. The maximum Gasteiger partial charge on any atom is 0.220 e. The molecule has 0 aliphatic heterocycles. The van der Waals surface area contributed by atoms with Gasteiger partial charge in [-0.15, -0.1) is 0 Å². The van der Waals surface area contributed by atoms with Crippen LogP contribution in [0.3, 0.4) is 0 Å². The quantitative estimate of drug-likeness (QED) is 0.0955. The molecule has 0 saturated carbocycles. The first-order chi connectivity index (χ1) is 16.2. The molecule has 4 nitrogen and oxygen atoms in total. The molecular weight excluding hydrogens is 410 g/mol. The monoisotopic (exact) mass is 467 g/mol. The molecule has 0 saturated heterocycles. The Morgan fingerprint density at radius 3 is 1.67 bits per heavy atom. The lowest BCUT2D eigenvalue weighted by atomic mass is 10.0. The summed E-state index contributed by atoms with van der Waals surface area (Å²) in [7, 11) is 0. The molecule has 0 spiro atoms. The molecule has 0 heterocycles. The third-order valence-corrected chi connectivity index (χ3v) is 6.53. The number of hydrogen-bond acceptors (Lipinski definition) is 3. The summed E-state index contributed by atoms with van der Waals surface area (Å²) in [6.07, 6.45) is 28.2. The van der Waals surface area contributed by atoms with Crippen LogP contribution in [0.1, 0.15) is 149 Å². The van der Waals surface area contributed by atoms with Crippen molar-refractivity contribution in [1.82, 2.24) is 5.32 Å². The van der Waals surface area contributed by atoms with Gasteiger partial charge < -0.3 is 15.5 Å². The Bertz CT molecular complexity index is 439. The molecule has 0 radical (unpaired) electrons. The van der Waals surface area contributed by atoms with Gasteiger partial charge in [-0.2, -0.15) is 0 Å². The first-order valence-corrected chi connectivity index (χ1v) is 14.4. The fourth-order valence-corrected chi connectivity index (χ4v) is 4.23. The van der Waals surface area contributed by atoms with E-state index in [1.165, 1.54) is 89.9 Å². The molecule has 0 rings (SSSR count). The summed E-state index contributed by atoms with van der Waals surface area (Å²) in [5.41, 5.74) is 0. The highest BCUT2D eigenvalue weighted by molar-refractivity contribution is 5.76. The Balaban J connectivity index is 3.68. The van der Waals surface area contributed by atoms with Gasteiger partial charge in [-0.25, -0.2) is 0 Å². The van der Waals surface area contributed by atoms with Crippen LogP contribution in [0.2, 0.25) is 0 Å². The third-order valence-electron chi connectivity index (χ3n) is 6.53. The van der Waals surface area contributed by atoms with E-state index in [0.717, 1.165) is 32.1 Å². The largest absolute Gasteiger partial charge is 0.394 e. The molecular formula is C29H57NO3. The average Bonchev–Trinajstić information content (AvgIpc) is 2.82. The van der Waals surface area contributed by atoms with Crippen LogP contribution in [-0.4, -0.2) is 34.9 Å². The number of carbonyl (C=O) groups is 1. The molecule has 0 unspecified atom stereocenters. The summed E-state index contributed by atoms with van der Waals surface area (Å²) in [4.78, 5) is 12.2. The van der Waals surface area contributed by atoms with Crippen molar-refractivity contribution >= 4 is 5.91 Å². The highest BCUT2D eigenvalue weighted by atomic mass is 16.3. The first-order valence-electron chi connectivity index (χ1n) is 14.4. The van der Waals surface area contributed by atoms with E-state index in [1.54, 1.807) is 0 Å². The van der Waals surface area contributed by atoms with Gasteiger partial charge in [0.2, 0.25) is 5.91 Å². The zero-order valence-electron chi connectivity index (χ0n) is 22.2. The van der Waals surface area contributed by atoms with Crippen LogP contribution in [-0.2, 0) is 4.79 Å². The SMILES string of the molecule is CCCCCCCC/C=C/CCCC[C@@H](O)[C@H](CO)NC(=O)CCCCCCCCCCC. The highest BCUT2D eigenvalue weighted by Gasteiger charge is 2.19. The van der Waals surface area contributed by atoms with Crippen molar-refractivity contribution < 1.29 is 15.0 Å². The van der Waals surface area contributed by atoms with Crippen molar-refractivity contribution in [3.05, 3.63) is 12.2 Å². The van der Waals surface area contributed by atoms with Gasteiger partial charge in [0.25, 0.3) is 0 Å². The van der Waals surface area contributed by atoms with Gasteiger partial charge in [0.05, 0.1) is 18.8 Å². The van der Waals surface area contributed by atoms with Crippen molar-refractivity contribution in [3.8, 4) is 0 Å². The fraction of sp³-hybridized carbons (Fsp3) is 0.897. The molecule has 4 heteroatoms. The van der Waals surface area contributed by atoms with E-state index in [-0.39, 0.29) is 12.5 Å². The molecule has 0 aromatic rings. The van der Waals surface area contributed by atoms with Gasteiger partial charge in [-0.3, -0.25) is 4.79 Å². The van der Waals surface area contributed by atoms with Crippen molar-refractivity contribution in [2.45, 2.75) is 161 Å². The van der Waals surface area contributed by atoms with Gasteiger partial charge >= 0.3 is 0 Å². The molecule has 0 fully saturated rings. The van der Waals surface area contributed by atoms with Crippen molar-refractivity contribution in [2.24, 2.45) is 0 Å². The maximum absolute atomic E-state index is 12.2. The molecule has 33 heavy (non-hydrogen) atoms. The van der Waals surface area contributed by atoms with Gasteiger partial charge in [0.1, 0.15) is 0 Å². The van der Waals surface area contributed by atoms with Gasteiger partial charge in [0.15, 0.2) is 0 Å². The predicted molar refractivity (Wildman–Crippen MR) is 142 cm³/mol. The topological polar surface area (TPSA) is 69.6 Å². The predicted octanol–water partition coefficient (Wildman–Crippen LogP) is 7.61. The van der Waals surface area contributed by atoms with Crippen molar-refractivity contribution in [1.29, 1.82) is 0 Å². The smallest absolute Gasteiger partial charge is 0.220 e. The summed E-state index contributed by atoms with van der Waals surface area (Å²) in [6.45, 7) is 4.28. The van der Waals surface area contributed by atoms with Crippen LogP contribution in [0.25, 0.3) is 0 Å². The number of hydrogen-bond donors (Lipinski definition) is 3. The minimum Gasteiger partial charge on any atom is -0.394 e. The number of nitrogens with one attached hydrogen (secondary N) is 1. The van der Waals surface area contributed by atoms with Crippen LogP contribution in [0.5, 0.6) is 0 Å². The Labute approximate surface area is 206 Å². The zero-order valence-corrected chi connectivity index (χ0v) is 22.2. The lowest BCUT2D eigenvalue weighted by Gasteiger charge is -2.22. The molecule has 0 bridgehead atoms. The van der Waals surface area contributed by atoms with Crippen LogP contribution < -0.4 is 5.32 Å². The average molecular weight is 468 g/mol. The van der Waals surface area contributed by atoms with E-state index in [4.69, 9.17) is 0 Å². The van der Waals surface area contributed by atoms with Gasteiger partial charge in [-0.05, 0) is 38.5 Å². The first kappa shape index (κ1) is 32.1. The Hall–Kier alpha value is -0.870. The molecule has 0 aromatic carbocycles. The third kappa shape index (κ3) is 22.7. The Morgan fingerprint density at radius 1 is 0.697 bits per heavy atom. The number of unbranched alkanes of at least 4 members (excludes halogenated alkanes) is 16. The lowest BCUT2D eigenvalue weighted by molar-refractivity contribution is -0.123. The van der Waals surface area contributed by atoms with Gasteiger partial charge in [0, 0.05) is 6.42 Å². The molecule has 1 amide bonds. The number of aliphatic hydroxyl groups excluding tert-OH is 2. The number of rotatable bonds is 25. The molecule has 0 aliphatic rings. The Kier molecular flexibility index (Phi) is 25.1. The van der Waals surface area contributed by atoms with E-state index in [9.17, 15) is 15.0 Å². The molecule has 0 aromatic heterocycles.